The molecule has 0 unspecified atom stereocenters. The minimum absolute atomic E-state index is 0.517. The van der Waals surface area contributed by atoms with E-state index in [9.17, 15) is 8.42 Å². The molecular formula is C7H15N3O2S. The molecule has 76 valence electrons. The maximum Gasteiger partial charge on any atom is 0.279 e. The predicted octanol–water partition coefficient (Wildman–Crippen LogP) is -1.40. The van der Waals surface area contributed by atoms with Crippen LogP contribution in [0.1, 0.15) is 0 Å². The summed E-state index contributed by atoms with van der Waals surface area (Å²) in [5.74, 6) is 1.03. The fraction of sp³-hybridized carbons (Fsp3) is 1.00. The fourth-order valence-corrected chi connectivity index (χ4v) is 3.17. The van der Waals surface area contributed by atoms with Gasteiger partial charge in [0.2, 0.25) is 0 Å². The van der Waals surface area contributed by atoms with Gasteiger partial charge in [-0.2, -0.15) is 12.7 Å². The van der Waals surface area contributed by atoms with Gasteiger partial charge in [-0.05, 0) is 24.9 Å². The summed E-state index contributed by atoms with van der Waals surface area (Å²) in [5.41, 5.74) is 0. The van der Waals surface area contributed by atoms with Crippen LogP contribution < -0.4 is 10.0 Å². The SMILES string of the molecule is CNS(=O)(=O)N1C[C@H]2CNC[C@H]2C1. The summed E-state index contributed by atoms with van der Waals surface area (Å²) in [6, 6.07) is 0. The third-order valence-electron chi connectivity index (χ3n) is 2.95. The molecule has 0 aromatic carbocycles. The molecule has 0 amide bonds. The van der Waals surface area contributed by atoms with Crippen molar-refractivity contribution in [2.75, 3.05) is 33.2 Å². The molecule has 2 aliphatic heterocycles. The summed E-state index contributed by atoms with van der Waals surface area (Å²) in [6.45, 7) is 3.25. The van der Waals surface area contributed by atoms with Crippen LogP contribution >= 0.6 is 0 Å². The van der Waals surface area contributed by atoms with Gasteiger partial charge in [-0.3, -0.25) is 0 Å². The Kier molecular flexibility index (Phi) is 2.31. The lowest BCUT2D eigenvalue weighted by Crippen LogP contribution is -2.38. The molecule has 0 aromatic rings. The van der Waals surface area contributed by atoms with Crippen molar-refractivity contribution in [3.05, 3.63) is 0 Å². The van der Waals surface area contributed by atoms with E-state index >= 15 is 0 Å². The normalized spacial score (nSPS) is 35.2. The Morgan fingerprint density at radius 3 is 2.31 bits per heavy atom. The van der Waals surface area contributed by atoms with Gasteiger partial charge in [0.05, 0.1) is 0 Å². The van der Waals surface area contributed by atoms with Gasteiger partial charge in [-0.25, -0.2) is 4.72 Å². The van der Waals surface area contributed by atoms with Gasteiger partial charge in [0.25, 0.3) is 10.2 Å². The summed E-state index contributed by atoms with van der Waals surface area (Å²) in [4.78, 5) is 0. The van der Waals surface area contributed by atoms with Crippen molar-refractivity contribution in [2.24, 2.45) is 11.8 Å². The van der Waals surface area contributed by atoms with Gasteiger partial charge in [-0.1, -0.05) is 0 Å². The predicted molar refractivity (Wildman–Crippen MR) is 49.4 cm³/mol. The summed E-state index contributed by atoms with van der Waals surface area (Å²) in [7, 11) is -1.72. The molecule has 2 heterocycles. The van der Waals surface area contributed by atoms with E-state index in [0.717, 1.165) is 13.1 Å². The van der Waals surface area contributed by atoms with Crippen molar-refractivity contribution in [3.63, 3.8) is 0 Å². The van der Waals surface area contributed by atoms with Crippen molar-refractivity contribution in [3.8, 4) is 0 Å². The lowest BCUT2D eigenvalue weighted by molar-refractivity contribution is 0.442. The second kappa shape index (κ2) is 3.20. The maximum absolute atomic E-state index is 11.4. The molecule has 0 radical (unpaired) electrons. The van der Waals surface area contributed by atoms with Crippen molar-refractivity contribution in [2.45, 2.75) is 0 Å². The van der Waals surface area contributed by atoms with Gasteiger partial charge in [0.1, 0.15) is 0 Å². The third-order valence-corrected chi connectivity index (χ3v) is 4.45. The molecule has 0 bridgehead atoms. The molecule has 0 aliphatic carbocycles. The zero-order valence-electron chi connectivity index (χ0n) is 7.66. The van der Waals surface area contributed by atoms with Gasteiger partial charge in [-0.15, -0.1) is 0 Å². The highest BCUT2D eigenvalue weighted by atomic mass is 32.2. The van der Waals surface area contributed by atoms with Crippen LogP contribution in [0.5, 0.6) is 0 Å². The van der Waals surface area contributed by atoms with Crippen LogP contribution in [-0.4, -0.2) is 45.9 Å². The van der Waals surface area contributed by atoms with E-state index in [-0.39, 0.29) is 0 Å². The molecule has 2 atom stereocenters. The number of hydrogen-bond donors (Lipinski definition) is 2. The Labute approximate surface area is 78.7 Å². The van der Waals surface area contributed by atoms with E-state index in [0.29, 0.717) is 24.9 Å². The van der Waals surface area contributed by atoms with Crippen LogP contribution in [0.3, 0.4) is 0 Å². The number of hydrogen-bond acceptors (Lipinski definition) is 3. The average Bonchev–Trinajstić information content (AvgIpc) is 2.61. The number of nitrogens with one attached hydrogen (secondary N) is 2. The first-order chi connectivity index (χ1) is 6.13. The van der Waals surface area contributed by atoms with Crippen LogP contribution in [0.2, 0.25) is 0 Å². The van der Waals surface area contributed by atoms with Crippen LogP contribution in [-0.2, 0) is 10.2 Å². The van der Waals surface area contributed by atoms with Gasteiger partial charge < -0.3 is 5.32 Å². The Balaban J connectivity index is 2.07. The highest BCUT2D eigenvalue weighted by molar-refractivity contribution is 7.87. The zero-order valence-corrected chi connectivity index (χ0v) is 8.47. The third kappa shape index (κ3) is 1.59. The van der Waals surface area contributed by atoms with E-state index < -0.39 is 10.2 Å². The summed E-state index contributed by atoms with van der Waals surface area (Å²) >= 11 is 0. The lowest BCUT2D eigenvalue weighted by atomic mass is 10.0. The Hall–Kier alpha value is -0.170. The standard InChI is InChI=1S/C7H15N3O2S/c1-8-13(11,12)10-4-6-2-9-3-7(6)5-10/h6-9H,2-5H2,1H3/t6-,7+. The lowest BCUT2D eigenvalue weighted by Gasteiger charge is -2.15. The van der Waals surface area contributed by atoms with Crippen LogP contribution in [0.25, 0.3) is 0 Å². The molecule has 5 nitrogen and oxygen atoms in total. The maximum atomic E-state index is 11.4. The minimum atomic E-state index is -3.18. The summed E-state index contributed by atoms with van der Waals surface area (Å²) in [5, 5.41) is 3.27. The second-order valence-electron chi connectivity index (χ2n) is 3.70. The molecule has 2 N–H and O–H groups in total. The van der Waals surface area contributed by atoms with Crippen LogP contribution in [0.4, 0.5) is 0 Å². The molecule has 2 rings (SSSR count). The highest BCUT2D eigenvalue weighted by Crippen LogP contribution is 2.27. The first kappa shape index (κ1) is 9.39. The average molecular weight is 205 g/mol. The molecule has 2 fully saturated rings. The largest absolute Gasteiger partial charge is 0.316 e. The van der Waals surface area contributed by atoms with Crippen molar-refractivity contribution < 1.29 is 8.42 Å². The molecule has 13 heavy (non-hydrogen) atoms. The number of fused-ring (bicyclic) bond motifs is 1. The van der Waals surface area contributed by atoms with E-state index in [1.54, 1.807) is 4.31 Å². The monoisotopic (exact) mass is 205 g/mol. The molecule has 2 saturated heterocycles. The van der Waals surface area contributed by atoms with Crippen molar-refractivity contribution in [1.82, 2.24) is 14.3 Å². The number of rotatable bonds is 2. The summed E-state index contributed by atoms with van der Waals surface area (Å²) < 4.78 is 26.7. The Bertz CT molecular complexity index is 278. The van der Waals surface area contributed by atoms with E-state index in [2.05, 4.69) is 10.0 Å². The molecule has 6 heteroatoms. The molecule has 0 spiro atoms. The summed E-state index contributed by atoms with van der Waals surface area (Å²) in [6.07, 6.45) is 0. The second-order valence-corrected chi connectivity index (χ2v) is 5.58. The van der Waals surface area contributed by atoms with Crippen LogP contribution in [0.15, 0.2) is 0 Å². The van der Waals surface area contributed by atoms with E-state index in [4.69, 9.17) is 0 Å². The quantitative estimate of drug-likeness (QED) is 0.583. The van der Waals surface area contributed by atoms with Crippen molar-refractivity contribution >= 4 is 10.2 Å². The zero-order chi connectivity index (χ0) is 9.47. The van der Waals surface area contributed by atoms with Gasteiger partial charge in [0, 0.05) is 20.1 Å². The van der Waals surface area contributed by atoms with E-state index in [1.807, 2.05) is 0 Å². The molecule has 0 aromatic heterocycles. The van der Waals surface area contributed by atoms with Crippen molar-refractivity contribution in [1.29, 1.82) is 0 Å². The Morgan fingerprint density at radius 1 is 1.31 bits per heavy atom. The van der Waals surface area contributed by atoms with Crippen LogP contribution in [0, 0.1) is 11.8 Å². The first-order valence-corrected chi connectivity index (χ1v) is 5.97. The minimum Gasteiger partial charge on any atom is -0.316 e. The number of nitrogens with zero attached hydrogens (tertiary/aromatic N) is 1. The molecule has 2 aliphatic rings. The van der Waals surface area contributed by atoms with E-state index in [1.165, 1.54) is 7.05 Å². The highest BCUT2D eigenvalue weighted by Gasteiger charge is 2.40. The van der Waals surface area contributed by atoms with Gasteiger partial charge in [0.15, 0.2) is 0 Å². The molecule has 0 saturated carbocycles. The Morgan fingerprint density at radius 2 is 1.85 bits per heavy atom. The fourth-order valence-electron chi connectivity index (χ4n) is 2.14. The molecular weight excluding hydrogens is 190 g/mol. The first-order valence-electron chi connectivity index (χ1n) is 4.53. The topological polar surface area (TPSA) is 61.4 Å². The van der Waals surface area contributed by atoms with Gasteiger partial charge >= 0.3 is 0 Å². The smallest absolute Gasteiger partial charge is 0.279 e.